The average Bonchev–Trinajstić information content (AvgIpc) is 3.27. The van der Waals surface area contributed by atoms with Crippen LogP contribution in [0.4, 0.5) is 15.3 Å². The highest BCUT2D eigenvalue weighted by molar-refractivity contribution is 7.90. The largest absolute Gasteiger partial charge is 0.444 e. The van der Waals surface area contributed by atoms with Gasteiger partial charge in [-0.05, 0) is 74.2 Å². The summed E-state index contributed by atoms with van der Waals surface area (Å²) in [4.78, 5) is 26.6. The number of carbonyl (C=O) groups excluding carboxylic acids is 2. The zero-order valence-corrected chi connectivity index (χ0v) is 22.8. The summed E-state index contributed by atoms with van der Waals surface area (Å²) in [6, 6.07) is 20.6. The van der Waals surface area contributed by atoms with Gasteiger partial charge in [0.15, 0.2) is 9.84 Å². The number of hydrogen-bond donors (Lipinski definition) is 2. The van der Waals surface area contributed by atoms with Crippen LogP contribution in [0, 0.1) is 0 Å². The third-order valence-corrected chi connectivity index (χ3v) is 7.82. The van der Waals surface area contributed by atoms with E-state index in [1.807, 2.05) is 70.2 Å². The van der Waals surface area contributed by atoms with E-state index in [4.69, 9.17) is 4.74 Å². The SMILES string of the molecule is CC(NC(=O)Nc1ccc(S(=O)(=O)Cc2ccc3c(c2)CN(C(=O)OC(C)(C)C)C3)cc1)c1ccccc1. The fourth-order valence-electron chi connectivity index (χ4n) is 4.23. The fraction of sp³-hybridized carbons (Fsp3) is 0.310. The molecule has 0 spiro atoms. The number of nitrogens with zero attached hydrogens (tertiary/aromatic N) is 1. The van der Waals surface area contributed by atoms with E-state index in [-0.39, 0.29) is 28.8 Å². The molecule has 8 nitrogen and oxygen atoms in total. The van der Waals surface area contributed by atoms with Gasteiger partial charge in [-0.1, -0.05) is 48.5 Å². The fourth-order valence-corrected chi connectivity index (χ4v) is 5.57. The average molecular weight is 536 g/mol. The second-order valence-corrected chi connectivity index (χ2v) is 12.4. The van der Waals surface area contributed by atoms with E-state index in [1.54, 1.807) is 23.1 Å². The lowest BCUT2D eigenvalue weighted by Crippen LogP contribution is -2.33. The topological polar surface area (TPSA) is 105 Å². The highest BCUT2D eigenvalue weighted by Crippen LogP contribution is 2.27. The minimum atomic E-state index is -3.62. The Kier molecular flexibility index (Phi) is 7.78. The van der Waals surface area contributed by atoms with Crippen molar-refractivity contribution in [2.45, 2.75) is 63.1 Å². The molecule has 3 aromatic carbocycles. The Labute approximate surface area is 223 Å². The first-order chi connectivity index (χ1) is 17.9. The van der Waals surface area contributed by atoms with E-state index in [9.17, 15) is 18.0 Å². The van der Waals surface area contributed by atoms with Gasteiger partial charge in [-0.3, -0.25) is 4.90 Å². The minimum Gasteiger partial charge on any atom is -0.444 e. The monoisotopic (exact) mass is 535 g/mol. The molecule has 0 saturated carbocycles. The number of fused-ring (bicyclic) bond motifs is 1. The summed E-state index contributed by atoms with van der Waals surface area (Å²) in [6.45, 7) is 8.16. The van der Waals surface area contributed by atoms with Gasteiger partial charge >= 0.3 is 12.1 Å². The molecule has 0 saturated heterocycles. The molecule has 38 heavy (non-hydrogen) atoms. The Morgan fingerprint density at radius 1 is 0.947 bits per heavy atom. The van der Waals surface area contributed by atoms with Crippen LogP contribution in [0.2, 0.25) is 0 Å². The first-order valence-corrected chi connectivity index (χ1v) is 14.1. The summed E-state index contributed by atoms with van der Waals surface area (Å²) in [5.41, 5.74) is 3.42. The number of amides is 3. The van der Waals surface area contributed by atoms with Gasteiger partial charge in [-0.2, -0.15) is 0 Å². The molecule has 1 aliphatic rings. The maximum absolute atomic E-state index is 13.1. The molecule has 1 heterocycles. The van der Waals surface area contributed by atoms with Crippen LogP contribution in [0.1, 0.15) is 56.0 Å². The van der Waals surface area contributed by atoms with Crippen LogP contribution in [0.5, 0.6) is 0 Å². The Balaban J connectivity index is 1.36. The Morgan fingerprint density at radius 2 is 1.61 bits per heavy atom. The molecular formula is C29H33N3O5S. The van der Waals surface area contributed by atoms with Crippen molar-refractivity contribution in [2.75, 3.05) is 5.32 Å². The maximum Gasteiger partial charge on any atom is 0.410 e. The van der Waals surface area contributed by atoms with Crippen LogP contribution in [0.25, 0.3) is 0 Å². The summed E-state index contributed by atoms with van der Waals surface area (Å²) >= 11 is 0. The third kappa shape index (κ3) is 6.92. The molecule has 3 aromatic rings. The first kappa shape index (κ1) is 27.2. The summed E-state index contributed by atoms with van der Waals surface area (Å²) < 4.78 is 31.6. The molecule has 200 valence electrons. The lowest BCUT2D eigenvalue weighted by atomic mass is 10.1. The quantitative estimate of drug-likeness (QED) is 0.415. The van der Waals surface area contributed by atoms with Crippen LogP contribution < -0.4 is 10.6 Å². The molecule has 2 N–H and O–H groups in total. The van der Waals surface area contributed by atoms with E-state index >= 15 is 0 Å². The van der Waals surface area contributed by atoms with Crippen molar-refractivity contribution in [3.63, 3.8) is 0 Å². The number of rotatable bonds is 6. The Bertz CT molecular complexity index is 1410. The molecule has 0 aromatic heterocycles. The predicted octanol–water partition coefficient (Wildman–Crippen LogP) is 5.79. The van der Waals surface area contributed by atoms with Gasteiger partial charge in [0.05, 0.1) is 16.7 Å². The van der Waals surface area contributed by atoms with E-state index in [1.165, 1.54) is 12.1 Å². The van der Waals surface area contributed by atoms with E-state index in [0.717, 1.165) is 16.7 Å². The van der Waals surface area contributed by atoms with Crippen molar-refractivity contribution in [1.82, 2.24) is 10.2 Å². The number of benzene rings is 3. The van der Waals surface area contributed by atoms with Crippen molar-refractivity contribution in [3.05, 3.63) is 95.1 Å². The molecule has 1 unspecified atom stereocenters. The molecule has 0 fully saturated rings. The third-order valence-electron chi connectivity index (χ3n) is 6.12. The molecule has 0 aliphatic carbocycles. The minimum absolute atomic E-state index is 0.164. The van der Waals surface area contributed by atoms with Crippen molar-refractivity contribution < 1.29 is 22.7 Å². The lowest BCUT2D eigenvalue weighted by Gasteiger charge is -2.24. The van der Waals surface area contributed by atoms with Crippen LogP contribution in [0.15, 0.2) is 77.7 Å². The van der Waals surface area contributed by atoms with Crippen molar-refractivity contribution in [1.29, 1.82) is 0 Å². The molecule has 0 radical (unpaired) electrons. The summed E-state index contributed by atoms with van der Waals surface area (Å²) in [5.74, 6) is -0.172. The summed E-state index contributed by atoms with van der Waals surface area (Å²) in [7, 11) is -3.62. The van der Waals surface area contributed by atoms with Gasteiger partial charge in [0, 0.05) is 18.8 Å². The molecular weight excluding hydrogens is 502 g/mol. The van der Waals surface area contributed by atoms with Crippen LogP contribution in [-0.4, -0.2) is 31.0 Å². The predicted molar refractivity (Wildman–Crippen MR) is 146 cm³/mol. The number of urea groups is 1. The number of ether oxygens (including phenoxy) is 1. The van der Waals surface area contributed by atoms with Crippen LogP contribution in [-0.2, 0) is 33.4 Å². The second kappa shape index (κ2) is 10.9. The number of sulfone groups is 1. The number of nitrogens with one attached hydrogen (secondary N) is 2. The second-order valence-electron chi connectivity index (χ2n) is 10.5. The van der Waals surface area contributed by atoms with Gasteiger partial charge in [0.25, 0.3) is 0 Å². The van der Waals surface area contributed by atoms with Crippen molar-refractivity contribution in [2.24, 2.45) is 0 Å². The molecule has 4 rings (SSSR count). The summed E-state index contributed by atoms with van der Waals surface area (Å²) in [6.07, 6.45) is -0.389. The van der Waals surface area contributed by atoms with Crippen LogP contribution in [0.3, 0.4) is 0 Å². The molecule has 3 amide bonds. The number of hydrogen-bond acceptors (Lipinski definition) is 5. The van der Waals surface area contributed by atoms with Gasteiger partial charge in [-0.25, -0.2) is 18.0 Å². The lowest BCUT2D eigenvalue weighted by molar-refractivity contribution is 0.0241. The van der Waals surface area contributed by atoms with Gasteiger partial charge in [0.1, 0.15) is 5.60 Å². The van der Waals surface area contributed by atoms with E-state index in [2.05, 4.69) is 10.6 Å². The van der Waals surface area contributed by atoms with E-state index < -0.39 is 15.4 Å². The van der Waals surface area contributed by atoms with Gasteiger partial charge < -0.3 is 15.4 Å². The zero-order valence-electron chi connectivity index (χ0n) is 22.0. The standard InChI is InChI=1S/C29H33N3O5S/c1-20(22-8-6-5-7-9-22)30-27(33)31-25-12-14-26(15-13-25)38(35,36)19-21-10-11-23-17-32(18-24(23)16-21)28(34)37-29(2,3)4/h5-16,20H,17-19H2,1-4H3,(H2,30,31,33). The van der Waals surface area contributed by atoms with Gasteiger partial charge in [-0.15, -0.1) is 0 Å². The normalized spacial score (nSPS) is 13.9. The highest BCUT2D eigenvalue weighted by Gasteiger charge is 2.28. The molecule has 1 atom stereocenters. The molecule has 9 heteroatoms. The van der Waals surface area contributed by atoms with Crippen LogP contribution >= 0.6 is 0 Å². The maximum atomic E-state index is 13.1. The molecule has 1 aliphatic heterocycles. The Hall–Kier alpha value is -3.85. The number of carbonyl (C=O) groups is 2. The summed E-state index contributed by atoms with van der Waals surface area (Å²) in [5, 5.41) is 5.60. The van der Waals surface area contributed by atoms with E-state index in [0.29, 0.717) is 24.3 Å². The first-order valence-electron chi connectivity index (χ1n) is 12.4. The zero-order chi connectivity index (χ0) is 27.5. The highest BCUT2D eigenvalue weighted by atomic mass is 32.2. The van der Waals surface area contributed by atoms with Crippen molar-refractivity contribution in [3.8, 4) is 0 Å². The smallest absolute Gasteiger partial charge is 0.410 e. The van der Waals surface area contributed by atoms with Crippen molar-refractivity contribution >= 4 is 27.6 Å². The van der Waals surface area contributed by atoms with Gasteiger partial charge in [0.2, 0.25) is 0 Å². The molecule has 0 bridgehead atoms. The number of anilines is 1. The Morgan fingerprint density at radius 3 is 2.26 bits per heavy atom.